The van der Waals surface area contributed by atoms with Crippen molar-refractivity contribution in [3.63, 3.8) is 0 Å². The second-order valence-electron chi connectivity index (χ2n) is 5.49. The zero-order chi connectivity index (χ0) is 12.3. The molecule has 1 atom stereocenters. The lowest BCUT2D eigenvalue weighted by molar-refractivity contribution is -0.142. The summed E-state index contributed by atoms with van der Waals surface area (Å²) in [5.74, 6) is -0.941. The fourth-order valence-electron chi connectivity index (χ4n) is 2.59. The van der Waals surface area contributed by atoms with Crippen molar-refractivity contribution in [2.75, 3.05) is 33.2 Å². The third-order valence-electron chi connectivity index (χ3n) is 3.33. The van der Waals surface area contributed by atoms with Crippen molar-refractivity contribution in [2.45, 2.75) is 32.7 Å². The van der Waals surface area contributed by atoms with Gasteiger partial charge in [-0.3, -0.25) is 9.69 Å². The van der Waals surface area contributed by atoms with Gasteiger partial charge in [0.2, 0.25) is 0 Å². The molecule has 0 saturated carbocycles. The van der Waals surface area contributed by atoms with Crippen LogP contribution in [0.1, 0.15) is 27.2 Å². The second kappa shape index (κ2) is 5.15. The van der Waals surface area contributed by atoms with E-state index in [9.17, 15) is 9.90 Å². The van der Waals surface area contributed by atoms with Crippen molar-refractivity contribution in [1.82, 2.24) is 9.80 Å². The Morgan fingerprint density at radius 2 is 2.06 bits per heavy atom. The maximum atomic E-state index is 11.2. The molecular formula is C12H24N2O2. The highest BCUT2D eigenvalue weighted by molar-refractivity contribution is 5.70. The quantitative estimate of drug-likeness (QED) is 0.786. The first-order valence-electron chi connectivity index (χ1n) is 6.03. The Morgan fingerprint density at radius 1 is 1.44 bits per heavy atom. The van der Waals surface area contributed by atoms with E-state index >= 15 is 0 Å². The van der Waals surface area contributed by atoms with Crippen LogP contribution in [-0.2, 0) is 4.79 Å². The summed E-state index contributed by atoms with van der Waals surface area (Å²) >= 11 is 0. The molecule has 4 nitrogen and oxygen atoms in total. The molecule has 0 amide bonds. The minimum absolute atomic E-state index is 0.0644. The van der Waals surface area contributed by atoms with Crippen LogP contribution in [0.4, 0.5) is 0 Å². The first kappa shape index (κ1) is 13.5. The van der Waals surface area contributed by atoms with Crippen LogP contribution < -0.4 is 0 Å². The highest BCUT2D eigenvalue weighted by atomic mass is 16.4. The first-order chi connectivity index (χ1) is 7.36. The number of carboxylic acids is 1. The molecule has 1 N–H and O–H groups in total. The molecule has 1 unspecified atom stereocenters. The predicted octanol–water partition coefficient (Wildman–Crippen LogP) is 1.12. The van der Waals surface area contributed by atoms with Crippen LogP contribution in [0.25, 0.3) is 0 Å². The van der Waals surface area contributed by atoms with E-state index in [4.69, 9.17) is 0 Å². The molecule has 94 valence electrons. The summed E-state index contributed by atoms with van der Waals surface area (Å²) in [6.07, 6.45) is 1.07. The predicted molar refractivity (Wildman–Crippen MR) is 64.6 cm³/mol. The molecule has 1 saturated heterocycles. The van der Waals surface area contributed by atoms with Crippen LogP contribution in [0, 0.1) is 5.92 Å². The molecule has 1 aliphatic heterocycles. The zero-order valence-corrected chi connectivity index (χ0v) is 10.9. The fraction of sp³-hybridized carbons (Fsp3) is 0.917. The number of hydrogen-bond donors (Lipinski definition) is 1. The standard InChI is InChI=1S/C12H24N2O2/c1-5-6-14-8-10(11(15)16)7-13(4)9-12(14,2)3/h10H,5-9H2,1-4H3,(H,15,16). The third-order valence-corrected chi connectivity index (χ3v) is 3.33. The molecule has 16 heavy (non-hydrogen) atoms. The molecule has 0 spiro atoms. The fourth-order valence-corrected chi connectivity index (χ4v) is 2.59. The summed E-state index contributed by atoms with van der Waals surface area (Å²) in [5, 5.41) is 9.18. The van der Waals surface area contributed by atoms with Crippen LogP contribution in [0.15, 0.2) is 0 Å². The SMILES string of the molecule is CCCN1CC(C(=O)O)CN(C)CC1(C)C. The van der Waals surface area contributed by atoms with Gasteiger partial charge in [-0.15, -0.1) is 0 Å². The average Bonchev–Trinajstić information content (AvgIpc) is 2.24. The van der Waals surface area contributed by atoms with Crippen molar-refractivity contribution in [1.29, 1.82) is 0 Å². The Balaban J connectivity index is 2.82. The Hall–Kier alpha value is -0.610. The maximum Gasteiger partial charge on any atom is 0.309 e. The normalized spacial score (nSPS) is 27.6. The lowest BCUT2D eigenvalue weighted by Crippen LogP contribution is -2.49. The number of rotatable bonds is 3. The van der Waals surface area contributed by atoms with E-state index in [1.807, 2.05) is 7.05 Å². The largest absolute Gasteiger partial charge is 0.481 e. The van der Waals surface area contributed by atoms with Gasteiger partial charge in [0.15, 0.2) is 0 Å². The summed E-state index contributed by atoms with van der Waals surface area (Å²) in [7, 11) is 2.01. The minimum atomic E-state index is -0.675. The van der Waals surface area contributed by atoms with Crippen molar-refractivity contribution >= 4 is 5.97 Å². The van der Waals surface area contributed by atoms with E-state index in [0.717, 1.165) is 19.5 Å². The van der Waals surface area contributed by atoms with Gasteiger partial charge in [0.1, 0.15) is 0 Å². The minimum Gasteiger partial charge on any atom is -0.481 e. The molecule has 1 aliphatic rings. The number of carboxylic acid groups (broad SMARTS) is 1. The zero-order valence-electron chi connectivity index (χ0n) is 10.9. The van der Waals surface area contributed by atoms with Gasteiger partial charge in [-0.25, -0.2) is 0 Å². The molecule has 0 aromatic rings. The van der Waals surface area contributed by atoms with Crippen LogP contribution in [0.2, 0.25) is 0 Å². The first-order valence-corrected chi connectivity index (χ1v) is 6.03. The van der Waals surface area contributed by atoms with E-state index in [2.05, 4.69) is 30.6 Å². The molecular weight excluding hydrogens is 204 g/mol. The molecule has 1 fully saturated rings. The van der Waals surface area contributed by atoms with Gasteiger partial charge < -0.3 is 10.0 Å². The summed E-state index contributed by atoms with van der Waals surface area (Å²) in [4.78, 5) is 15.6. The van der Waals surface area contributed by atoms with Crippen molar-refractivity contribution in [2.24, 2.45) is 5.92 Å². The number of likely N-dealkylation sites (N-methyl/N-ethyl adjacent to an activating group) is 1. The molecule has 0 radical (unpaired) electrons. The lowest BCUT2D eigenvalue weighted by Gasteiger charge is -2.38. The number of nitrogens with zero attached hydrogens (tertiary/aromatic N) is 2. The Morgan fingerprint density at radius 3 is 2.56 bits per heavy atom. The van der Waals surface area contributed by atoms with Crippen LogP contribution in [-0.4, -0.2) is 59.6 Å². The van der Waals surface area contributed by atoms with Crippen LogP contribution >= 0.6 is 0 Å². The van der Waals surface area contributed by atoms with Gasteiger partial charge in [-0.2, -0.15) is 0 Å². The van der Waals surface area contributed by atoms with Crippen molar-refractivity contribution in [3.8, 4) is 0 Å². The molecule has 1 heterocycles. The molecule has 1 rings (SSSR count). The lowest BCUT2D eigenvalue weighted by atomic mass is 10.0. The monoisotopic (exact) mass is 228 g/mol. The Bertz CT molecular complexity index is 253. The van der Waals surface area contributed by atoms with Gasteiger partial charge >= 0.3 is 5.97 Å². The summed E-state index contributed by atoms with van der Waals surface area (Å²) < 4.78 is 0. The smallest absolute Gasteiger partial charge is 0.309 e. The van der Waals surface area contributed by atoms with E-state index in [1.54, 1.807) is 0 Å². The molecule has 0 aliphatic carbocycles. The molecule has 0 bridgehead atoms. The Labute approximate surface area is 98.2 Å². The van der Waals surface area contributed by atoms with Crippen molar-refractivity contribution in [3.05, 3.63) is 0 Å². The highest BCUT2D eigenvalue weighted by Crippen LogP contribution is 2.22. The third kappa shape index (κ3) is 3.19. The van der Waals surface area contributed by atoms with Crippen LogP contribution in [0.5, 0.6) is 0 Å². The van der Waals surface area contributed by atoms with Gasteiger partial charge in [0.25, 0.3) is 0 Å². The van der Waals surface area contributed by atoms with E-state index in [-0.39, 0.29) is 11.5 Å². The topological polar surface area (TPSA) is 43.8 Å². The van der Waals surface area contributed by atoms with Gasteiger partial charge in [-0.1, -0.05) is 6.92 Å². The maximum absolute atomic E-state index is 11.2. The molecule has 0 aromatic carbocycles. The molecule has 0 aromatic heterocycles. The number of hydrogen-bond acceptors (Lipinski definition) is 3. The Kier molecular flexibility index (Phi) is 4.33. The highest BCUT2D eigenvalue weighted by Gasteiger charge is 2.35. The van der Waals surface area contributed by atoms with E-state index in [1.165, 1.54) is 0 Å². The van der Waals surface area contributed by atoms with Crippen molar-refractivity contribution < 1.29 is 9.90 Å². The van der Waals surface area contributed by atoms with Gasteiger partial charge in [0, 0.05) is 25.2 Å². The van der Waals surface area contributed by atoms with Gasteiger partial charge in [-0.05, 0) is 33.9 Å². The van der Waals surface area contributed by atoms with Gasteiger partial charge in [0.05, 0.1) is 5.92 Å². The van der Waals surface area contributed by atoms with E-state index in [0.29, 0.717) is 13.1 Å². The summed E-state index contributed by atoms with van der Waals surface area (Å²) in [5.41, 5.74) is 0.0644. The summed E-state index contributed by atoms with van der Waals surface area (Å²) in [6.45, 7) is 9.76. The summed E-state index contributed by atoms with van der Waals surface area (Å²) in [6, 6.07) is 0. The average molecular weight is 228 g/mol. The van der Waals surface area contributed by atoms with Crippen LogP contribution in [0.3, 0.4) is 0 Å². The molecule has 4 heteroatoms. The number of carbonyl (C=O) groups is 1. The number of aliphatic carboxylic acids is 1. The van der Waals surface area contributed by atoms with E-state index < -0.39 is 5.97 Å². The second-order valence-corrected chi connectivity index (χ2v) is 5.49.